The number of carbonyl (C=O) groups is 1. The van der Waals surface area contributed by atoms with Crippen LogP contribution in [-0.2, 0) is 14.6 Å². The van der Waals surface area contributed by atoms with Crippen LogP contribution in [0.3, 0.4) is 0 Å². The lowest BCUT2D eigenvalue weighted by atomic mass is 10.2. The highest BCUT2D eigenvalue weighted by molar-refractivity contribution is 5.75. The summed E-state index contributed by atoms with van der Waals surface area (Å²) in [6.45, 7) is 1.39. The number of hydrogen-bond donors (Lipinski definition) is 2. The van der Waals surface area contributed by atoms with Crippen LogP contribution in [0.1, 0.15) is 6.92 Å². The third-order valence-electron chi connectivity index (χ3n) is 0.957. The van der Waals surface area contributed by atoms with Gasteiger partial charge < -0.3 is 10.8 Å². The van der Waals surface area contributed by atoms with E-state index in [9.17, 15) is 4.79 Å². The predicted octanol–water partition coefficient (Wildman–Crippen LogP) is -1.20. The highest BCUT2D eigenvalue weighted by Crippen LogP contribution is 1.91. The molecule has 0 aliphatic heterocycles. The van der Waals surface area contributed by atoms with Gasteiger partial charge in [0, 0.05) is 0 Å². The molecule has 0 heterocycles. The molecule has 0 fully saturated rings. The van der Waals surface area contributed by atoms with Crippen molar-refractivity contribution in [1.82, 2.24) is 0 Å². The molecular formula is C5H11NO4. The van der Waals surface area contributed by atoms with E-state index in [-0.39, 0.29) is 0 Å². The summed E-state index contributed by atoms with van der Waals surface area (Å²) in [5.74, 6) is -0.780. The van der Waals surface area contributed by atoms with Gasteiger partial charge in [0.25, 0.3) is 0 Å². The lowest BCUT2D eigenvalue weighted by Gasteiger charge is -2.10. The number of hydrogen-bond acceptors (Lipinski definition) is 5. The first-order valence-corrected chi connectivity index (χ1v) is 2.77. The fourth-order valence-electron chi connectivity index (χ4n) is 0.335. The second-order valence-corrected chi connectivity index (χ2v) is 1.84. The molecule has 0 rings (SSSR count). The van der Waals surface area contributed by atoms with Crippen LogP contribution < -0.4 is 5.73 Å². The lowest BCUT2D eigenvalue weighted by Crippen LogP contribution is -2.41. The zero-order chi connectivity index (χ0) is 8.15. The second-order valence-electron chi connectivity index (χ2n) is 1.84. The fraction of sp³-hybridized carbons (Fsp3) is 0.800. The van der Waals surface area contributed by atoms with Crippen molar-refractivity contribution < 1.29 is 19.7 Å². The van der Waals surface area contributed by atoms with Crippen LogP contribution in [0.2, 0.25) is 0 Å². The molecule has 60 valence electrons. The number of aliphatic hydroxyl groups excluding tert-OH is 1. The topological polar surface area (TPSA) is 81.8 Å². The zero-order valence-corrected chi connectivity index (χ0v) is 5.90. The van der Waals surface area contributed by atoms with Gasteiger partial charge in [-0.05, 0) is 6.92 Å². The van der Waals surface area contributed by atoms with Crippen molar-refractivity contribution in [1.29, 1.82) is 0 Å². The molecule has 0 aromatic carbocycles. The molecule has 0 aromatic heterocycles. The van der Waals surface area contributed by atoms with Gasteiger partial charge in [-0.25, -0.2) is 4.79 Å². The number of nitrogens with two attached hydrogens (primary N) is 1. The average Bonchev–Trinajstić information content (AvgIpc) is 1.87. The highest BCUT2D eigenvalue weighted by atomic mass is 17.2. The quantitative estimate of drug-likeness (QED) is 0.389. The monoisotopic (exact) mass is 149 g/mol. The number of rotatable bonds is 3. The molecule has 0 saturated heterocycles. The van der Waals surface area contributed by atoms with Gasteiger partial charge in [0.15, 0.2) is 0 Å². The van der Waals surface area contributed by atoms with Crippen molar-refractivity contribution in [2.24, 2.45) is 5.73 Å². The molecule has 0 aliphatic rings. The molecule has 0 aromatic rings. The van der Waals surface area contributed by atoms with Crippen molar-refractivity contribution in [3.05, 3.63) is 0 Å². The maximum Gasteiger partial charge on any atom is 0.361 e. The lowest BCUT2D eigenvalue weighted by molar-refractivity contribution is -0.257. The normalized spacial score (nSPS) is 16.0. The Morgan fingerprint density at radius 1 is 1.70 bits per heavy atom. The van der Waals surface area contributed by atoms with Gasteiger partial charge in [0.05, 0.1) is 13.2 Å². The molecule has 3 N–H and O–H groups in total. The standard InChI is InChI=1S/C5H11NO4/c1-3(7)4(6)5(8)10-9-2/h3-4,7H,6H2,1-2H3. The molecule has 0 bridgehead atoms. The molecule has 0 aliphatic carbocycles. The maximum atomic E-state index is 10.6. The molecule has 0 saturated carbocycles. The molecule has 2 unspecified atom stereocenters. The summed E-state index contributed by atoms with van der Waals surface area (Å²) in [5.41, 5.74) is 5.14. The van der Waals surface area contributed by atoms with Crippen molar-refractivity contribution in [3.63, 3.8) is 0 Å². The van der Waals surface area contributed by atoms with Crippen LogP contribution in [-0.4, -0.2) is 30.3 Å². The van der Waals surface area contributed by atoms with Crippen LogP contribution in [0.5, 0.6) is 0 Å². The Morgan fingerprint density at radius 2 is 2.20 bits per heavy atom. The summed E-state index contributed by atoms with van der Waals surface area (Å²) in [6, 6.07) is -1.04. The van der Waals surface area contributed by atoms with E-state index in [1.165, 1.54) is 14.0 Å². The van der Waals surface area contributed by atoms with E-state index in [1.807, 2.05) is 0 Å². The van der Waals surface area contributed by atoms with E-state index in [1.54, 1.807) is 0 Å². The van der Waals surface area contributed by atoms with Crippen LogP contribution in [0, 0.1) is 0 Å². The summed E-state index contributed by atoms with van der Waals surface area (Å²) in [5, 5.41) is 8.74. The Hall–Kier alpha value is -0.650. The summed E-state index contributed by atoms with van der Waals surface area (Å²) < 4.78 is 0. The van der Waals surface area contributed by atoms with E-state index in [4.69, 9.17) is 10.8 Å². The predicted molar refractivity (Wildman–Crippen MR) is 32.8 cm³/mol. The first kappa shape index (κ1) is 9.35. The second kappa shape index (κ2) is 4.21. The van der Waals surface area contributed by atoms with Gasteiger partial charge in [-0.15, -0.1) is 0 Å². The van der Waals surface area contributed by atoms with Crippen molar-refractivity contribution >= 4 is 5.97 Å². The van der Waals surface area contributed by atoms with Gasteiger partial charge in [-0.1, -0.05) is 0 Å². The number of aliphatic hydroxyl groups is 1. The fourth-order valence-corrected chi connectivity index (χ4v) is 0.335. The van der Waals surface area contributed by atoms with Crippen molar-refractivity contribution in [2.45, 2.75) is 19.1 Å². The van der Waals surface area contributed by atoms with Crippen LogP contribution in [0.4, 0.5) is 0 Å². The SMILES string of the molecule is COOC(=O)C(N)C(C)O. The van der Waals surface area contributed by atoms with Crippen LogP contribution in [0.25, 0.3) is 0 Å². The zero-order valence-electron chi connectivity index (χ0n) is 5.90. The molecule has 5 nitrogen and oxygen atoms in total. The summed E-state index contributed by atoms with van der Waals surface area (Å²) in [4.78, 5) is 18.6. The minimum Gasteiger partial charge on any atom is -0.391 e. The van der Waals surface area contributed by atoms with Gasteiger partial charge in [-0.3, -0.25) is 4.89 Å². The highest BCUT2D eigenvalue weighted by Gasteiger charge is 2.20. The Morgan fingerprint density at radius 3 is 2.50 bits per heavy atom. The molecule has 0 radical (unpaired) electrons. The molecule has 2 atom stereocenters. The van der Waals surface area contributed by atoms with Crippen molar-refractivity contribution in [2.75, 3.05) is 7.11 Å². The third-order valence-corrected chi connectivity index (χ3v) is 0.957. The maximum absolute atomic E-state index is 10.6. The first-order chi connectivity index (χ1) is 4.59. The Labute approximate surface area is 58.7 Å². The van der Waals surface area contributed by atoms with Crippen LogP contribution >= 0.6 is 0 Å². The van der Waals surface area contributed by atoms with E-state index in [0.29, 0.717) is 0 Å². The van der Waals surface area contributed by atoms with E-state index < -0.39 is 18.1 Å². The average molecular weight is 149 g/mol. The van der Waals surface area contributed by atoms with E-state index >= 15 is 0 Å². The minimum absolute atomic E-state index is 0.780. The van der Waals surface area contributed by atoms with Gasteiger partial charge in [-0.2, -0.15) is 4.89 Å². The van der Waals surface area contributed by atoms with Crippen LogP contribution in [0.15, 0.2) is 0 Å². The molecule has 5 heteroatoms. The van der Waals surface area contributed by atoms with E-state index in [2.05, 4.69) is 9.78 Å². The van der Waals surface area contributed by atoms with Gasteiger partial charge in [0.1, 0.15) is 6.04 Å². The van der Waals surface area contributed by atoms with Gasteiger partial charge in [0.2, 0.25) is 0 Å². The molecular weight excluding hydrogens is 138 g/mol. The summed E-state index contributed by atoms with van der Waals surface area (Å²) in [7, 11) is 1.19. The molecule has 10 heavy (non-hydrogen) atoms. The Bertz CT molecular complexity index is 114. The third kappa shape index (κ3) is 2.77. The Balaban J connectivity index is 3.71. The summed E-state index contributed by atoms with van der Waals surface area (Å²) >= 11 is 0. The molecule has 0 amide bonds. The smallest absolute Gasteiger partial charge is 0.361 e. The summed E-state index contributed by atoms with van der Waals surface area (Å²) in [6.07, 6.45) is -0.928. The van der Waals surface area contributed by atoms with E-state index in [0.717, 1.165) is 0 Å². The largest absolute Gasteiger partial charge is 0.391 e. The number of carbonyl (C=O) groups excluding carboxylic acids is 1. The van der Waals surface area contributed by atoms with Crippen molar-refractivity contribution in [3.8, 4) is 0 Å². The minimum atomic E-state index is -1.04. The van der Waals surface area contributed by atoms with Gasteiger partial charge >= 0.3 is 5.97 Å². The Kier molecular flexibility index (Phi) is 3.94. The first-order valence-electron chi connectivity index (χ1n) is 2.77. The molecule has 0 spiro atoms.